The van der Waals surface area contributed by atoms with Gasteiger partial charge < -0.3 is 4.57 Å². The van der Waals surface area contributed by atoms with Crippen LogP contribution in [0.5, 0.6) is 0 Å². The van der Waals surface area contributed by atoms with E-state index in [4.69, 9.17) is 0 Å². The molecule has 0 amide bonds. The summed E-state index contributed by atoms with van der Waals surface area (Å²) in [7, 11) is 0. The van der Waals surface area contributed by atoms with Gasteiger partial charge in [0.15, 0.2) is 6.29 Å². The summed E-state index contributed by atoms with van der Waals surface area (Å²) in [5.74, 6) is 0. The Bertz CT molecular complexity index is 723. The van der Waals surface area contributed by atoms with Crippen molar-refractivity contribution in [1.82, 2.24) is 4.57 Å². The standard InChI is InChI=1S/C16H15NOS/c1-2-14-6-7-15(19-14)10-17-9-8-12-4-3-5-13(11-18)16(12)17/h3-9,11H,2,10H2,1H3. The molecule has 0 fully saturated rings. The van der Waals surface area contributed by atoms with Gasteiger partial charge in [0.2, 0.25) is 0 Å². The van der Waals surface area contributed by atoms with E-state index in [1.54, 1.807) is 0 Å². The zero-order valence-electron chi connectivity index (χ0n) is 10.8. The van der Waals surface area contributed by atoms with Crippen molar-refractivity contribution in [2.45, 2.75) is 19.9 Å². The molecule has 3 rings (SSSR count). The summed E-state index contributed by atoms with van der Waals surface area (Å²) in [5.41, 5.74) is 1.79. The van der Waals surface area contributed by atoms with Crippen molar-refractivity contribution in [3.8, 4) is 0 Å². The summed E-state index contributed by atoms with van der Waals surface area (Å²) >= 11 is 1.84. The predicted octanol–water partition coefficient (Wildman–Crippen LogP) is 4.13. The molecule has 0 saturated carbocycles. The Labute approximate surface area is 116 Å². The van der Waals surface area contributed by atoms with E-state index in [-0.39, 0.29) is 0 Å². The minimum atomic E-state index is 0.759. The Kier molecular flexibility index (Phi) is 3.22. The molecule has 0 saturated heterocycles. The third kappa shape index (κ3) is 2.22. The van der Waals surface area contributed by atoms with Gasteiger partial charge in [0, 0.05) is 26.9 Å². The normalized spacial score (nSPS) is 11.0. The quantitative estimate of drug-likeness (QED) is 0.653. The van der Waals surface area contributed by atoms with Crippen molar-refractivity contribution < 1.29 is 4.79 Å². The number of rotatable bonds is 4. The number of benzene rings is 1. The maximum atomic E-state index is 11.2. The summed E-state index contributed by atoms with van der Waals surface area (Å²) in [6.45, 7) is 3.00. The highest BCUT2D eigenvalue weighted by atomic mass is 32.1. The van der Waals surface area contributed by atoms with Crippen LogP contribution in [0, 0.1) is 0 Å². The van der Waals surface area contributed by atoms with E-state index in [1.165, 1.54) is 9.75 Å². The van der Waals surface area contributed by atoms with E-state index in [9.17, 15) is 4.79 Å². The van der Waals surface area contributed by atoms with Gasteiger partial charge in [-0.1, -0.05) is 19.1 Å². The van der Waals surface area contributed by atoms with Crippen LogP contribution in [0.25, 0.3) is 10.9 Å². The molecule has 0 bridgehead atoms. The third-order valence-electron chi connectivity index (χ3n) is 3.34. The second-order valence-electron chi connectivity index (χ2n) is 4.57. The number of thiophene rings is 1. The number of carbonyl (C=O) groups is 1. The minimum absolute atomic E-state index is 0.759. The lowest BCUT2D eigenvalue weighted by Gasteiger charge is -2.05. The van der Waals surface area contributed by atoms with E-state index >= 15 is 0 Å². The first-order valence-corrected chi connectivity index (χ1v) is 7.24. The minimum Gasteiger partial charge on any atom is -0.342 e. The number of aromatic nitrogens is 1. The number of aryl methyl sites for hydroxylation is 1. The van der Waals surface area contributed by atoms with Crippen molar-refractivity contribution in [2.24, 2.45) is 0 Å². The van der Waals surface area contributed by atoms with E-state index in [2.05, 4.69) is 35.9 Å². The zero-order chi connectivity index (χ0) is 13.2. The van der Waals surface area contributed by atoms with Crippen molar-refractivity contribution in [3.05, 3.63) is 57.9 Å². The molecule has 3 aromatic rings. The summed E-state index contributed by atoms with van der Waals surface area (Å²) in [5, 5.41) is 1.12. The summed E-state index contributed by atoms with van der Waals surface area (Å²) in [6, 6.07) is 12.3. The third-order valence-corrected chi connectivity index (χ3v) is 4.55. The van der Waals surface area contributed by atoms with Gasteiger partial charge in [-0.25, -0.2) is 0 Å². The fraction of sp³-hybridized carbons (Fsp3) is 0.188. The lowest BCUT2D eigenvalue weighted by Crippen LogP contribution is -1.98. The number of para-hydroxylation sites is 1. The summed E-state index contributed by atoms with van der Waals surface area (Å²) in [6.07, 6.45) is 4.07. The highest BCUT2D eigenvalue weighted by Gasteiger charge is 2.07. The van der Waals surface area contributed by atoms with E-state index in [0.717, 1.165) is 35.7 Å². The van der Waals surface area contributed by atoms with Crippen LogP contribution in [0.1, 0.15) is 27.0 Å². The zero-order valence-corrected chi connectivity index (χ0v) is 11.6. The highest BCUT2D eigenvalue weighted by Crippen LogP contribution is 2.23. The van der Waals surface area contributed by atoms with Gasteiger partial charge in [-0.05, 0) is 30.7 Å². The predicted molar refractivity (Wildman–Crippen MR) is 80.1 cm³/mol. The average Bonchev–Trinajstić information content (AvgIpc) is 3.06. The fourth-order valence-electron chi connectivity index (χ4n) is 2.38. The largest absolute Gasteiger partial charge is 0.342 e. The second kappa shape index (κ2) is 5.02. The van der Waals surface area contributed by atoms with E-state index in [0.29, 0.717) is 0 Å². The smallest absolute Gasteiger partial charge is 0.152 e. The molecule has 2 aromatic heterocycles. The summed E-state index contributed by atoms with van der Waals surface area (Å²) < 4.78 is 2.16. The molecule has 0 spiro atoms. The molecule has 0 aliphatic rings. The Morgan fingerprint density at radius 1 is 1.16 bits per heavy atom. The molecule has 0 aliphatic heterocycles. The van der Waals surface area contributed by atoms with Gasteiger partial charge in [0.1, 0.15) is 0 Å². The molecular formula is C16H15NOS. The van der Waals surface area contributed by atoms with Gasteiger partial charge in [-0.15, -0.1) is 11.3 Å². The Morgan fingerprint density at radius 2 is 2.00 bits per heavy atom. The van der Waals surface area contributed by atoms with Crippen molar-refractivity contribution in [2.75, 3.05) is 0 Å². The van der Waals surface area contributed by atoms with Gasteiger partial charge in [-0.2, -0.15) is 0 Å². The molecule has 0 radical (unpaired) electrons. The number of nitrogens with zero attached hydrogens (tertiary/aromatic N) is 1. The van der Waals surface area contributed by atoms with Gasteiger partial charge >= 0.3 is 0 Å². The number of fused-ring (bicyclic) bond motifs is 1. The van der Waals surface area contributed by atoms with Crippen LogP contribution in [0.2, 0.25) is 0 Å². The average molecular weight is 269 g/mol. The van der Waals surface area contributed by atoms with Gasteiger partial charge in [0.25, 0.3) is 0 Å². The molecule has 2 heterocycles. The molecular weight excluding hydrogens is 254 g/mol. The molecule has 0 N–H and O–H groups in total. The topological polar surface area (TPSA) is 22.0 Å². The second-order valence-corrected chi connectivity index (χ2v) is 5.82. The maximum absolute atomic E-state index is 11.2. The summed E-state index contributed by atoms with van der Waals surface area (Å²) in [4.78, 5) is 13.9. The Balaban J connectivity index is 2.03. The molecule has 2 nitrogen and oxygen atoms in total. The SMILES string of the molecule is CCc1ccc(Cn2ccc3cccc(C=O)c32)s1. The molecule has 3 heteroatoms. The number of aldehydes is 1. The van der Waals surface area contributed by atoms with Crippen LogP contribution in [0.15, 0.2) is 42.6 Å². The molecule has 19 heavy (non-hydrogen) atoms. The van der Waals surface area contributed by atoms with Crippen molar-refractivity contribution >= 4 is 28.5 Å². The van der Waals surface area contributed by atoms with Crippen molar-refractivity contribution in [1.29, 1.82) is 0 Å². The number of hydrogen-bond donors (Lipinski definition) is 0. The lowest BCUT2D eigenvalue weighted by atomic mass is 10.1. The first kappa shape index (κ1) is 12.2. The molecule has 0 unspecified atom stereocenters. The highest BCUT2D eigenvalue weighted by molar-refractivity contribution is 7.11. The van der Waals surface area contributed by atoms with E-state index in [1.807, 2.05) is 29.5 Å². The molecule has 1 aromatic carbocycles. The fourth-order valence-corrected chi connectivity index (χ4v) is 3.34. The van der Waals surface area contributed by atoms with Gasteiger partial charge in [-0.3, -0.25) is 4.79 Å². The first-order chi connectivity index (χ1) is 9.31. The molecule has 0 aliphatic carbocycles. The van der Waals surface area contributed by atoms with Gasteiger partial charge in [0.05, 0.1) is 12.1 Å². The number of carbonyl (C=O) groups excluding carboxylic acids is 1. The van der Waals surface area contributed by atoms with Crippen LogP contribution in [-0.4, -0.2) is 10.9 Å². The lowest BCUT2D eigenvalue weighted by molar-refractivity contribution is 0.112. The monoisotopic (exact) mass is 269 g/mol. The maximum Gasteiger partial charge on any atom is 0.152 e. The van der Waals surface area contributed by atoms with Crippen LogP contribution < -0.4 is 0 Å². The van der Waals surface area contributed by atoms with Crippen LogP contribution in [0.3, 0.4) is 0 Å². The van der Waals surface area contributed by atoms with Crippen LogP contribution in [-0.2, 0) is 13.0 Å². The molecule has 96 valence electrons. The van der Waals surface area contributed by atoms with Crippen molar-refractivity contribution in [3.63, 3.8) is 0 Å². The molecule has 0 atom stereocenters. The van der Waals surface area contributed by atoms with E-state index < -0.39 is 0 Å². The van der Waals surface area contributed by atoms with Crippen LogP contribution in [0.4, 0.5) is 0 Å². The Morgan fingerprint density at radius 3 is 2.74 bits per heavy atom. The number of hydrogen-bond acceptors (Lipinski definition) is 2. The first-order valence-electron chi connectivity index (χ1n) is 6.42. The van der Waals surface area contributed by atoms with Crippen LogP contribution >= 0.6 is 11.3 Å². The Hall–Kier alpha value is -1.87.